The monoisotopic (exact) mass is 237 g/mol. The third-order valence-corrected chi connectivity index (χ3v) is 4.10. The van der Waals surface area contributed by atoms with Crippen LogP contribution in [0, 0.1) is 0 Å². The first-order valence-corrected chi connectivity index (χ1v) is 6.09. The van der Waals surface area contributed by atoms with Crippen LogP contribution in [0.1, 0.15) is 0 Å². The summed E-state index contributed by atoms with van der Waals surface area (Å²) >= 11 is 0. The SMILES string of the molecule is CN(C)S(=O)(=O)c1cccc2cncnc12. The minimum atomic E-state index is -3.46. The molecule has 0 bridgehead atoms. The van der Waals surface area contributed by atoms with E-state index in [0.717, 1.165) is 0 Å². The number of hydrogen-bond donors (Lipinski definition) is 0. The predicted molar refractivity (Wildman–Crippen MR) is 60.4 cm³/mol. The molecular formula is C10H11N3O2S. The third kappa shape index (κ3) is 1.66. The quantitative estimate of drug-likeness (QED) is 0.777. The molecule has 5 nitrogen and oxygen atoms in total. The van der Waals surface area contributed by atoms with Gasteiger partial charge in [0.25, 0.3) is 0 Å². The first kappa shape index (κ1) is 11.0. The molecule has 0 saturated carbocycles. The summed E-state index contributed by atoms with van der Waals surface area (Å²) in [6.45, 7) is 0. The number of hydrogen-bond acceptors (Lipinski definition) is 4. The van der Waals surface area contributed by atoms with E-state index in [1.165, 1.54) is 24.7 Å². The maximum absolute atomic E-state index is 12.0. The molecule has 0 saturated heterocycles. The molecule has 0 radical (unpaired) electrons. The zero-order chi connectivity index (χ0) is 11.8. The Morgan fingerprint density at radius 3 is 2.69 bits per heavy atom. The second-order valence-corrected chi connectivity index (χ2v) is 5.62. The smallest absolute Gasteiger partial charge is 0.244 e. The standard InChI is InChI=1S/C10H11N3O2S/c1-13(2)16(14,15)9-5-3-4-8-6-11-7-12-10(8)9/h3-7H,1-2H3. The molecule has 6 heteroatoms. The van der Waals surface area contributed by atoms with Crippen molar-refractivity contribution >= 4 is 20.9 Å². The highest BCUT2D eigenvalue weighted by atomic mass is 32.2. The lowest BCUT2D eigenvalue weighted by atomic mass is 10.2. The molecule has 2 rings (SSSR count). The van der Waals surface area contributed by atoms with Crippen molar-refractivity contribution in [3.05, 3.63) is 30.7 Å². The van der Waals surface area contributed by atoms with Crippen LogP contribution in [0.3, 0.4) is 0 Å². The predicted octanol–water partition coefficient (Wildman–Crippen LogP) is 0.880. The molecule has 1 heterocycles. The van der Waals surface area contributed by atoms with Gasteiger partial charge in [-0.1, -0.05) is 12.1 Å². The van der Waals surface area contributed by atoms with Crippen molar-refractivity contribution in [3.63, 3.8) is 0 Å². The lowest BCUT2D eigenvalue weighted by molar-refractivity contribution is 0.521. The van der Waals surface area contributed by atoms with Crippen LogP contribution in [0.15, 0.2) is 35.6 Å². The molecule has 0 amide bonds. The Balaban J connectivity index is 2.80. The molecule has 0 fully saturated rings. The molecule has 0 aliphatic rings. The molecule has 1 aromatic heterocycles. The van der Waals surface area contributed by atoms with Crippen LogP contribution in [-0.4, -0.2) is 36.8 Å². The van der Waals surface area contributed by atoms with E-state index >= 15 is 0 Å². The molecule has 0 aliphatic carbocycles. The van der Waals surface area contributed by atoms with E-state index in [-0.39, 0.29) is 4.90 Å². The van der Waals surface area contributed by atoms with E-state index in [9.17, 15) is 8.42 Å². The van der Waals surface area contributed by atoms with Gasteiger partial charge in [0.1, 0.15) is 11.2 Å². The zero-order valence-corrected chi connectivity index (χ0v) is 9.77. The first-order chi connectivity index (χ1) is 7.53. The van der Waals surface area contributed by atoms with Crippen LogP contribution in [0.2, 0.25) is 0 Å². The Morgan fingerprint density at radius 1 is 1.25 bits per heavy atom. The van der Waals surface area contributed by atoms with Gasteiger partial charge >= 0.3 is 0 Å². The van der Waals surface area contributed by atoms with Crippen molar-refractivity contribution in [2.45, 2.75) is 4.90 Å². The first-order valence-electron chi connectivity index (χ1n) is 4.65. The Hall–Kier alpha value is -1.53. The molecule has 1 aromatic carbocycles. The van der Waals surface area contributed by atoms with E-state index in [4.69, 9.17) is 0 Å². The van der Waals surface area contributed by atoms with Gasteiger partial charge in [0.15, 0.2) is 0 Å². The summed E-state index contributed by atoms with van der Waals surface area (Å²) < 4.78 is 25.2. The van der Waals surface area contributed by atoms with Crippen LogP contribution >= 0.6 is 0 Å². The fraction of sp³-hybridized carbons (Fsp3) is 0.200. The molecule has 0 atom stereocenters. The maximum atomic E-state index is 12.0. The Morgan fingerprint density at radius 2 is 2.00 bits per heavy atom. The Bertz CT molecular complexity index is 618. The highest BCUT2D eigenvalue weighted by Crippen LogP contribution is 2.21. The average molecular weight is 237 g/mol. The molecule has 2 aromatic rings. The van der Waals surface area contributed by atoms with Crippen molar-refractivity contribution in [1.82, 2.24) is 14.3 Å². The van der Waals surface area contributed by atoms with Crippen molar-refractivity contribution in [3.8, 4) is 0 Å². The summed E-state index contributed by atoms with van der Waals surface area (Å²) in [5, 5.41) is 0.713. The van der Waals surface area contributed by atoms with Crippen molar-refractivity contribution < 1.29 is 8.42 Å². The van der Waals surface area contributed by atoms with Crippen LogP contribution in [0.5, 0.6) is 0 Å². The van der Waals surface area contributed by atoms with Gasteiger partial charge in [0.05, 0.1) is 5.52 Å². The summed E-state index contributed by atoms with van der Waals surface area (Å²) in [5.41, 5.74) is 0.450. The number of rotatable bonds is 2. The minimum absolute atomic E-state index is 0.206. The average Bonchev–Trinajstić information content (AvgIpc) is 2.28. The van der Waals surface area contributed by atoms with E-state index in [1.54, 1.807) is 24.4 Å². The zero-order valence-electron chi connectivity index (χ0n) is 8.95. The van der Waals surface area contributed by atoms with E-state index in [2.05, 4.69) is 9.97 Å². The van der Waals surface area contributed by atoms with Gasteiger partial charge in [-0.3, -0.25) is 0 Å². The fourth-order valence-corrected chi connectivity index (χ4v) is 2.45. The van der Waals surface area contributed by atoms with Crippen LogP contribution < -0.4 is 0 Å². The van der Waals surface area contributed by atoms with Crippen LogP contribution in [0.4, 0.5) is 0 Å². The van der Waals surface area contributed by atoms with Crippen molar-refractivity contribution in [2.24, 2.45) is 0 Å². The number of benzene rings is 1. The van der Waals surface area contributed by atoms with Crippen molar-refractivity contribution in [2.75, 3.05) is 14.1 Å². The number of aromatic nitrogens is 2. The summed E-state index contributed by atoms with van der Waals surface area (Å²) in [7, 11) is -0.470. The number of sulfonamides is 1. The highest BCUT2D eigenvalue weighted by Gasteiger charge is 2.20. The number of fused-ring (bicyclic) bond motifs is 1. The normalized spacial score (nSPS) is 12.2. The molecule has 0 unspecified atom stereocenters. The van der Waals surface area contributed by atoms with E-state index in [1.807, 2.05) is 0 Å². The molecule has 0 aliphatic heterocycles. The highest BCUT2D eigenvalue weighted by molar-refractivity contribution is 7.89. The van der Waals surface area contributed by atoms with Crippen LogP contribution in [0.25, 0.3) is 10.9 Å². The van der Waals surface area contributed by atoms with Crippen molar-refractivity contribution in [1.29, 1.82) is 0 Å². The van der Waals surface area contributed by atoms with Gasteiger partial charge in [-0.05, 0) is 6.07 Å². The van der Waals surface area contributed by atoms with E-state index < -0.39 is 10.0 Å². The summed E-state index contributed by atoms with van der Waals surface area (Å²) in [6.07, 6.45) is 2.94. The van der Waals surface area contributed by atoms with Gasteiger partial charge in [0.2, 0.25) is 10.0 Å². The maximum Gasteiger partial charge on any atom is 0.244 e. The summed E-state index contributed by atoms with van der Waals surface area (Å²) in [5.74, 6) is 0. The second-order valence-electron chi connectivity index (χ2n) is 3.50. The lowest BCUT2D eigenvalue weighted by Gasteiger charge is -2.12. The summed E-state index contributed by atoms with van der Waals surface area (Å²) in [4.78, 5) is 8.08. The van der Waals surface area contributed by atoms with Crippen LogP contribution in [-0.2, 0) is 10.0 Å². The molecule has 0 N–H and O–H groups in total. The minimum Gasteiger partial charge on any atom is -0.244 e. The lowest BCUT2D eigenvalue weighted by Crippen LogP contribution is -2.22. The van der Waals surface area contributed by atoms with Gasteiger partial charge in [0, 0.05) is 25.7 Å². The molecular weight excluding hydrogens is 226 g/mol. The Kier molecular flexibility index (Phi) is 2.61. The molecule has 84 valence electrons. The van der Waals surface area contributed by atoms with Gasteiger partial charge < -0.3 is 0 Å². The number of nitrogens with zero attached hydrogens (tertiary/aromatic N) is 3. The number of para-hydroxylation sites is 1. The van der Waals surface area contributed by atoms with Gasteiger partial charge in [-0.2, -0.15) is 0 Å². The second kappa shape index (κ2) is 3.80. The fourth-order valence-electron chi connectivity index (χ4n) is 1.39. The Labute approximate surface area is 93.8 Å². The molecule has 0 spiro atoms. The molecule has 16 heavy (non-hydrogen) atoms. The summed E-state index contributed by atoms with van der Waals surface area (Å²) in [6, 6.07) is 5.01. The largest absolute Gasteiger partial charge is 0.244 e. The third-order valence-electron chi connectivity index (χ3n) is 2.26. The van der Waals surface area contributed by atoms with E-state index in [0.29, 0.717) is 10.9 Å². The van der Waals surface area contributed by atoms with Gasteiger partial charge in [-0.15, -0.1) is 0 Å². The van der Waals surface area contributed by atoms with Gasteiger partial charge in [-0.25, -0.2) is 22.7 Å². The topological polar surface area (TPSA) is 63.2 Å².